The molecule has 0 fully saturated rings. The molecule has 8 rings (SSSR count). The molecule has 0 atom stereocenters. The maximum absolute atomic E-state index is 14.5. The summed E-state index contributed by atoms with van der Waals surface area (Å²) in [5, 5.41) is 6.87. The summed E-state index contributed by atoms with van der Waals surface area (Å²) >= 11 is 3.24. The zero-order chi connectivity index (χ0) is 33.5. The molecule has 240 valence electrons. The molecule has 4 heterocycles. The second-order valence-corrected chi connectivity index (χ2v) is 15.8. The predicted octanol–water partition coefficient (Wildman–Crippen LogP) is 11.0. The SMILES string of the molecule is CCc1nc(-c2cccc3ccccc23)c(-c2ccnc(S(=N)(=O)c3cc(-c4sc(CC)nc4-c4cccc5ccccc45)ccn3)c2)s1. The molecule has 0 unspecified atom stereocenters. The van der Waals surface area contributed by atoms with E-state index in [9.17, 15) is 8.99 Å². The third-order valence-corrected chi connectivity index (χ3v) is 12.7. The van der Waals surface area contributed by atoms with Gasteiger partial charge in [0, 0.05) is 23.5 Å². The fourth-order valence-electron chi connectivity index (χ4n) is 6.17. The summed E-state index contributed by atoms with van der Waals surface area (Å²) in [7, 11) is -3.58. The molecule has 9 heteroatoms. The molecule has 0 saturated heterocycles. The zero-order valence-electron chi connectivity index (χ0n) is 26.9. The third kappa shape index (κ3) is 5.63. The van der Waals surface area contributed by atoms with Gasteiger partial charge in [0.25, 0.3) is 0 Å². The Labute approximate surface area is 293 Å². The van der Waals surface area contributed by atoms with E-state index in [0.29, 0.717) is 0 Å². The van der Waals surface area contributed by atoms with Gasteiger partial charge in [-0.05, 0) is 69.8 Å². The molecule has 0 amide bonds. The summed E-state index contributed by atoms with van der Waals surface area (Å²) < 4.78 is 23.7. The van der Waals surface area contributed by atoms with Crippen LogP contribution in [0.3, 0.4) is 0 Å². The number of hydrogen-bond donors (Lipinski definition) is 1. The van der Waals surface area contributed by atoms with Gasteiger partial charge < -0.3 is 0 Å². The number of pyridine rings is 2. The van der Waals surface area contributed by atoms with Gasteiger partial charge in [0.15, 0.2) is 0 Å². The average molecular weight is 694 g/mol. The summed E-state index contributed by atoms with van der Waals surface area (Å²) in [5.41, 5.74) is 5.50. The minimum absolute atomic E-state index is 0.165. The lowest BCUT2D eigenvalue weighted by Gasteiger charge is -2.11. The van der Waals surface area contributed by atoms with Gasteiger partial charge in [-0.1, -0.05) is 98.8 Å². The predicted molar refractivity (Wildman–Crippen MR) is 203 cm³/mol. The van der Waals surface area contributed by atoms with Crippen molar-refractivity contribution in [3.63, 3.8) is 0 Å². The highest BCUT2D eigenvalue weighted by molar-refractivity contribution is 7.92. The number of nitrogens with one attached hydrogen (secondary N) is 1. The topological polar surface area (TPSA) is 92.5 Å². The minimum Gasteiger partial charge on any atom is -0.246 e. The van der Waals surface area contributed by atoms with Crippen LogP contribution < -0.4 is 0 Å². The van der Waals surface area contributed by atoms with Crippen LogP contribution in [0.2, 0.25) is 0 Å². The van der Waals surface area contributed by atoms with E-state index >= 15 is 0 Å². The number of aromatic nitrogens is 4. The number of fused-ring (bicyclic) bond motifs is 2. The maximum Gasteiger partial charge on any atom is 0.142 e. The van der Waals surface area contributed by atoms with E-state index in [1.807, 2.05) is 36.4 Å². The van der Waals surface area contributed by atoms with Crippen molar-refractivity contribution in [1.82, 2.24) is 19.9 Å². The van der Waals surface area contributed by atoms with Crippen LogP contribution in [0.4, 0.5) is 0 Å². The Morgan fingerprint density at radius 3 is 1.47 bits per heavy atom. The molecule has 0 bridgehead atoms. The van der Waals surface area contributed by atoms with E-state index < -0.39 is 9.73 Å². The van der Waals surface area contributed by atoms with Crippen molar-refractivity contribution in [3.05, 3.63) is 132 Å². The van der Waals surface area contributed by atoms with E-state index in [-0.39, 0.29) is 10.1 Å². The molecule has 8 aromatic rings. The lowest BCUT2D eigenvalue weighted by atomic mass is 10.0. The highest BCUT2D eigenvalue weighted by atomic mass is 32.2. The summed E-state index contributed by atoms with van der Waals surface area (Å²) in [6.45, 7) is 4.20. The number of thiazole rings is 2. The highest BCUT2D eigenvalue weighted by Crippen LogP contribution is 2.42. The van der Waals surface area contributed by atoms with Gasteiger partial charge in [0.2, 0.25) is 0 Å². The van der Waals surface area contributed by atoms with Gasteiger partial charge in [-0.2, -0.15) is 0 Å². The maximum atomic E-state index is 14.5. The van der Waals surface area contributed by atoms with Gasteiger partial charge in [0.05, 0.1) is 31.2 Å². The van der Waals surface area contributed by atoms with Crippen molar-refractivity contribution in [2.45, 2.75) is 36.7 Å². The number of benzene rings is 4. The smallest absolute Gasteiger partial charge is 0.142 e. The average Bonchev–Trinajstić information content (AvgIpc) is 3.80. The van der Waals surface area contributed by atoms with Gasteiger partial charge in [-0.15, -0.1) is 22.7 Å². The van der Waals surface area contributed by atoms with Gasteiger partial charge in [-0.3, -0.25) is 0 Å². The first-order valence-corrected chi connectivity index (χ1v) is 19.3. The third-order valence-electron chi connectivity index (χ3n) is 8.62. The summed E-state index contributed by atoms with van der Waals surface area (Å²) in [6, 6.07) is 36.5. The molecule has 0 spiro atoms. The van der Waals surface area contributed by atoms with Crippen LogP contribution in [-0.2, 0) is 22.6 Å². The van der Waals surface area contributed by atoms with Crippen molar-refractivity contribution in [2.24, 2.45) is 0 Å². The first-order chi connectivity index (χ1) is 23.9. The van der Waals surface area contributed by atoms with Crippen molar-refractivity contribution in [3.8, 4) is 43.4 Å². The summed E-state index contributed by atoms with van der Waals surface area (Å²) in [5.74, 6) is 0. The fourth-order valence-corrected chi connectivity index (χ4v) is 9.42. The van der Waals surface area contributed by atoms with Crippen molar-refractivity contribution >= 4 is 53.9 Å². The number of rotatable bonds is 8. The second kappa shape index (κ2) is 12.7. The highest BCUT2D eigenvalue weighted by Gasteiger charge is 2.23. The van der Waals surface area contributed by atoms with Crippen LogP contribution in [0.5, 0.6) is 0 Å². The largest absolute Gasteiger partial charge is 0.246 e. The Morgan fingerprint density at radius 2 is 1.02 bits per heavy atom. The molecule has 4 aromatic carbocycles. The molecule has 0 aliphatic heterocycles. The molecule has 4 aromatic heterocycles. The van der Waals surface area contributed by atoms with Crippen molar-refractivity contribution in [2.75, 3.05) is 0 Å². The van der Waals surface area contributed by atoms with Crippen LogP contribution >= 0.6 is 22.7 Å². The van der Waals surface area contributed by atoms with Crippen molar-refractivity contribution < 1.29 is 4.21 Å². The molecule has 6 nitrogen and oxygen atoms in total. The Hall–Kier alpha value is -5.09. The van der Waals surface area contributed by atoms with Crippen LogP contribution in [0, 0.1) is 4.78 Å². The van der Waals surface area contributed by atoms with Gasteiger partial charge in [-0.25, -0.2) is 28.9 Å². The lowest BCUT2D eigenvalue weighted by molar-refractivity contribution is 0.668. The quantitative estimate of drug-likeness (QED) is 0.171. The Bertz CT molecular complexity index is 2440. The first-order valence-electron chi connectivity index (χ1n) is 16.1. The fraction of sp³-hybridized carbons (Fsp3) is 0.100. The first kappa shape index (κ1) is 31.2. The van der Waals surface area contributed by atoms with E-state index in [1.54, 1.807) is 47.2 Å². The Kier molecular flexibility index (Phi) is 8.11. The molecule has 0 saturated carbocycles. The van der Waals surface area contributed by atoms with Crippen LogP contribution in [0.25, 0.3) is 64.9 Å². The van der Waals surface area contributed by atoms with Crippen LogP contribution in [0.15, 0.2) is 132 Å². The number of hydrogen-bond acceptors (Lipinski definition) is 8. The van der Waals surface area contributed by atoms with E-state index in [1.165, 1.54) is 0 Å². The molecular weight excluding hydrogens is 663 g/mol. The normalized spacial score (nSPS) is 11.8. The molecule has 49 heavy (non-hydrogen) atoms. The van der Waals surface area contributed by atoms with Gasteiger partial charge >= 0.3 is 0 Å². The Morgan fingerprint density at radius 1 is 0.592 bits per heavy atom. The van der Waals surface area contributed by atoms with Crippen LogP contribution in [0.1, 0.15) is 23.9 Å². The monoisotopic (exact) mass is 693 g/mol. The van der Waals surface area contributed by atoms with E-state index in [4.69, 9.17) is 9.97 Å². The molecule has 0 aliphatic rings. The lowest BCUT2D eigenvalue weighted by Crippen LogP contribution is -2.05. The number of nitrogens with zero attached hydrogens (tertiary/aromatic N) is 4. The zero-order valence-corrected chi connectivity index (χ0v) is 29.3. The Balaban J connectivity index is 1.21. The molecule has 1 N–H and O–H groups in total. The molecular formula is C40H31N5OS3. The number of aryl methyl sites for hydroxylation is 2. The summed E-state index contributed by atoms with van der Waals surface area (Å²) in [6.07, 6.45) is 4.86. The van der Waals surface area contributed by atoms with Crippen LogP contribution in [-0.4, -0.2) is 24.1 Å². The molecule has 0 radical (unpaired) electrons. The summed E-state index contributed by atoms with van der Waals surface area (Å²) in [4.78, 5) is 21.0. The van der Waals surface area contributed by atoms with E-state index in [2.05, 4.69) is 84.5 Å². The standard InChI is InChI=1S/C40H31N5OS3/c1-3-33-44-37(31-17-9-13-25-11-5-7-15-29(25)31)39(47-33)27-19-21-42-35(23-27)49(41,46)36-24-28(20-22-43-36)40-38(45-34(4-2)48-40)32-18-10-14-26-12-6-8-16-30(26)32/h5-24,41H,3-4H2,1-2H3. The van der Waals surface area contributed by atoms with Gasteiger partial charge in [0.1, 0.15) is 19.8 Å². The minimum atomic E-state index is -3.58. The molecule has 0 aliphatic carbocycles. The van der Waals surface area contributed by atoms with Crippen molar-refractivity contribution in [1.29, 1.82) is 4.78 Å². The second-order valence-electron chi connectivity index (χ2n) is 11.7. The van der Waals surface area contributed by atoms with E-state index in [0.717, 1.165) is 87.8 Å².